The fourth-order valence-corrected chi connectivity index (χ4v) is 2.98. The molecule has 0 unspecified atom stereocenters. The number of rotatable bonds is 5. The predicted octanol–water partition coefficient (Wildman–Crippen LogP) is 2.22. The van der Waals surface area contributed by atoms with Crippen LogP contribution in [0.2, 0.25) is 0 Å². The highest BCUT2D eigenvalue weighted by molar-refractivity contribution is 6.02. The van der Waals surface area contributed by atoms with Crippen LogP contribution < -0.4 is 10.9 Å². The van der Waals surface area contributed by atoms with Crippen LogP contribution in [-0.2, 0) is 6.54 Å². The van der Waals surface area contributed by atoms with Crippen LogP contribution in [0.4, 0.5) is 5.82 Å². The van der Waals surface area contributed by atoms with Gasteiger partial charge in [0, 0.05) is 18.7 Å². The van der Waals surface area contributed by atoms with Gasteiger partial charge in [-0.3, -0.25) is 9.59 Å². The van der Waals surface area contributed by atoms with E-state index in [1.165, 1.54) is 29.7 Å². The van der Waals surface area contributed by atoms with Crippen LogP contribution >= 0.6 is 0 Å². The Morgan fingerprint density at radius 3 is 2.83 bits per heavy atom. The van der Waals surface area contributed by atoms with Crippen LogP contribution in [0.15, 0.2) is 29.2 Å². The molecule has 0 atom stereocenters. The number of anilines is 1. The van der Waals surface area contributed by atoms with Crippen molar-refractivity contribution < 1.29 is 4.79 Å². The summed E-state index contributed by atoms with van der Waals surface area (Å²) in [5.74, 6) is 0.353. The maximum Gasteiger partial charge on any atom is 0.277 e. The molecule has 2 aromatic heterocycles. The van der Waals surface area contributed by atoms with Crippen LogP contribution in [0.25, 0.3) is 0 Å². The fraction of sp³-hybridized carbons (Fsp3) is 0.500. The molecule has 0 aromatic carbocycles. The van der Waals surface area contributed by atoms with E-state index >= 15 is 0 Å². The zero-order valence-corrected chi connectivity index (χ0v) is 13.2. The first-order valence-corrected chi connectivity index (χ1v) is 8.12. The van der Waals surface area contributed by atoms with Gasteiger partial charge < -0.3 is 5.32 Å². The zero-order valence-electron chi connectivity index (χ0n) is 13.2. The van der Waals surface area contributed by atoms with Gasteiger partial charge in [-0.1, -0.05) is 19.8 Å². The summed E-state index contributed by atoms with van der Waals surface area (Å²) >= 11 is 0. The molecule has 1 saturated carbocycles. The average Bonchev–Trinajstić information content (AvgIpc) is 3.20. The standard InChI is InChI=1S/C16H21N5O2/c1-2-11-20-15(22)8-7-13(19-20)16(23)18-14-9-10-17-21(14)12-5-3-4-6-12/h7-10,12H,2-6,11H2,1H3,(H,18,23). The van der Waals surface area contributed by atoms with Crippen LogP contribution in [0.5, 0.6) is 0 Å². The maximum absolute atomic E-state index is 12.4. The smallest absolute Gasteiger partial charge is 0.277 e. The largest absolute Gasteiger partial charge is 0.305 e. The van der Waals surface area contributed by atoms with Crippen molar-refractivity contribution in [2.24, 2.45) is 0 Å². The molecule has 122 valence electrons. The number of nitrogens with one attached hydrogen (secondary N) is 1. The van der Waals surface area contributed by atoms with Crippen molar-refractivity contribution in [2.75, 3.05) is 5.32 Å². The second-order valence-corrected chi connectivity index (χ2v) is 5.83. The van der Waals surface area contributed by atoms with Gasteiger partial charge in [-0.2, -0.15) is 10.2 Å². The van der Waals surface area contributed by atoms with Crippen LogP contribution in [0.1, 0.15) is 55.6 Å². The normalized spacial score (nSPS) is 15.0. The monoisotopic (exact) mass is 315 g/mol. The molecule has 0 bridgehead atoms. The summed E-state index contributed by atoms with van der Waals surface area (Å²) in [6.45, 7) is 2.46. The molecular formula is C16H21N5O2. The number of nitrogens with zero attached hydrogens (tertiary/aromatic N) is 4. The van der Waals surface area contributed by atoms with Crippen molar-refractivity contribution in [1.29, 1.82) is 0 Å². The van der Waals surface area contributed by atoms with Crippen LogP contribution in [0, 0.1) is 0 Å². The molecule has 1 amide bonds. The van der Waals surface area contributed by atoms with Gasteiger partial charge in [-0.05, 0) is 25.3 Å². The molecule has 2 heterocycles. The van der Waals surface area contributed by atoms with E-state index in [2.05, 4.69) is 15.5 Å². The van der Waals surface area contributed by atoms with Crippen molar-refractivity contribution in [3.05, 3.63) is 40.4 Å². The Balaban J connectivity index is 1.78. The van der Waals surface area contributed by atoms with Crippen molar-refractivity contribution in [1.82, 2.24) is 19.6 Å². The molecule has 7 nitrogen and oxygen atoms in total. The molecule has 0 spiro atoms. The summed E-state index contributed by atoms with van der Waals surface area (Å²) in [4.78, 5) is 24.1. The Morgan fingerprint density at radius 1 is 1.30 bits per heavy atom. The van der Waals surface area contributed by atoms with E-state index in [0.717, 1.165) is 19.3 Å². The Hall–Kier alpha value is -2.44. The molecule has 3 rings (SSSR count). The van der Waals surface area contributed by atoms with E-state index in [-0.39, 0.29) is 17.2 Å². The van der Waals surface area contributed by atoms with Crippen molar-refractivity contribution >= 4 is 11.7 Å². The van der Waals surface area contributed by atoms with Gasteiger partial charge in [0.15, 0.2) is 0 Å². The molecule has 0 saturated heterocycles. The SMILES string of the molecule is CCCn1nc(C(=O)Nc2ccnn2C2CCCC2)ccc1=O. The molecule has 0 radical (unpaired) electrons. The molecule has 2 aromatic rings. The average molecular weight is 315 g/mol. The number of aromatic nitrogens is 4. The number of carbonyl (C=O) groups excluding carboxylic acids is 1. The number of hydrogen-bond acceptors (Lipinski definition) is 4. The number of amides is 1. The Morgan fingerprint density at radius 2 is 2.09 bits per heavy atom. The second-order valence-electron chi connectivity index (χ2n) is 5.83. The molecule has 1 aliphatic carbocycles. The third kappa shape index (κ3) is 3.33. The summed E-state index contributed by atoms with van der Waals surface area (Å²) < 4.78 is 3.20. The second kappa shape index (κ2) is 6.76. The predicted molar refractivity (Wildman–Crippen MR) is 86.5 cm³/mol. The van der Waals surface area contributed by atoms with E-state index in [4.69, 9.17) is 0 Å². The third-order valence-electron chi connectivity index (χ3n) is 4.12. The molecule has 1 fully saturated rings. The van der Waals surface area contributed by atoms with E-state index < -0.39 is 0 Å². The molecule has 23 heavy (non-hydrogen) atoms. The maximum atomic E-state index is 12.4. The van der Waals surface area contributed by atoms with Crippen molar-refractivity contribution in [2.45, 2.75) is 51.6 Å². The molecule has 0 aliphatic heterocycles. The van der Waals surface area contributed by atoms with Crippen LogP contribution in [-0.4, -0.2) is 25.5 Å². The van der Waals surface area contributed by atoms with Crippen molar-refractivity contribution in [3.63, 3.8) is 0 Å². The van der Waals surface area contributed by atoms with Gasteiger partial charge in [-0.15, -0.1) is 0 Å². The highest BCUT2D eigenvalue weighted by Gasteiger charge is 2.21. The van der Waals surface area contributed by atoms with E-state index in [1.807, 2.05) is 11.6 Å². The van der Waals surface area contributed by atoms with Gasteiger partial charge >= 0.3 is 0 Å². The highest BCUT2D eigenvalue weighted by atomic mass is 16.2. The molecule has 7 heteroatoms. The summed E-state index contributed by atoms with van der Waals surface area (Å²) in [5.41, 5.74) is 0.0385. The number of carbonyl (C=O) groups is 1. The number of hydrogen-bond donors (Lipinski definition) is 1. The van der Waals surface area contributed by atoms with Gasteiger partial charge in [0.1, 0.15) is 11.5 Å². The Labute approximate surface area is 134 Å². The van der Waals surface area contributed by atoms with E-state index in [0.29, 0.717) is 18.4 Å². The highest BCUT2D eigenvalue weighted by Crippen LogP contribution is 2.31. The zero-order chi connectivity index (χ0) is 16.2. The first kappa shape index (κ1) is 15.5. The fourth-order valence-electron chi connectivity index (χ4n) is 2.98. The minimum absolute atomic E-state index is 0.195. The molecule has 1 aliphatic rings. The lowest BCUT2D eigenvalue weighted by molar-refractivity contribution is 0.101. The first-order chi connectivity index (χ1) is 11.2. The summed E-state index contributed by atoms with van der Waals surface area (Å²) in [7, 11) is 0. The van der Waals surface area contributed by atoms with Gasteiger partial charge in [0.2, 0.25) is 0 Å². The summed E-state index contributed by atoms with van der Waals surface area (Å²) in [6.07, 6.45) is 7.04. The van der Waals surface area contributed by atoms with Crippen LogP contribution in [0.3, 0.4) is 0 Å². The molecule has 1 N–H and O–H groups in total. The first-order valence-electron chi connectivity index (χ1n) is 8.12. The van der Waals surface area contributed by atoms with E-state index in [1.54, 1.807) is 12.3 Å². The van der Waals surface area contributed by atoms with Gasteiger partial charge in [-0.25, -0.2) is 9.36 Å². The molecular weight excluding hydrogens is 294 g/mol. The third-order valence-corrected chi connectivity index (χ3v) is 4.12. The Kier molecular flexibility index (Phi) is 4.55. The summed E-state index contributed by atoms with van der Waals surface area (Å²) in [6, 6.07) is 4.98. The minimum atomic E-state index is -0.324. The lowest BCUT2D eigenvalue weighted by Crippen LogP contribution is -2.26. The van der Waals surface area contributed by atoms with Gasteiger partial charge in [0.25, 0.3) is 11.5 Å². The topological polar surface area (TPSA) is 81.8 Å². The van der Waals surface area contributed by atoms with Crippen molar-refractivity contribution in [3.8, 4) is 0 Å². The Bertz CT molecular complexity index is 743. The minimum Gasteiger partial charge on any atom is -0.305 e. The van der Waals surface area contributed by atoms with E-state index in [9.17, 15) is 9.59 Å². The lowest BCUT2D eigenvalue weighted by atomic mass is 10.2. The summed E-state index contributed by atoms with van der Waals surface area (Å²) in [5, 5.41) is 11.3. The lowest BCUT2D eigenvalue weighted by Gasteiger charge is -2.14. The number of aryl methyl sites for hydroxylation is 1. The van der Waals surface area contributed by atoms with Gasteiger partial charge in [0.05, 0.1) is 12.2 Å². The quantitative estimate of drug-likeness (QED) is 0.917.